The number of aromatic nitrogens is 1. The Bertz CT molecular complexity index is 1020. The Kier molecular flexibility index (Phi) is 7.00. The Balaban J connectivity index is 1.69. The summed E-state index contributed by atoms with van der Waals surface area (Å²) in [6, 6.07) is 12.7. The van der Waals surface area contributed by atoms with E-state index in [-0.39, 0.29) is 11.8 Å². The average molecular weight is 474 g/mol. The van der Waals surface area contributed by atoms with Gasteiger partial charge in [0.15, 0.2) is 5.13 Å². The van der Waals surface area contributed by atoms with E-state index in [4.69, 9.17) is 4.74 Å². The highest BCUT2D eigenvalue weighted by molar-refractivity contribution is 9.10. The molecule has 3 aromatic rings. The summed E-state index contributed by atoms with van der Waals surface area (Å²) in [5.41, 5.74) is 2.87. The van der Waals surface area contributed by atoms with Crippen LogP contribution in [0.25, 0.3) is 11.3 Å². The third-order valence-corrected chi connectivity index (χ3v) is 5.53. The molecule has 0 aliphatic rings. The fourth-order valence-electron chi connectivity index (χ4n) is 2.61. The molecule has 2 aromatic carbocycles. The minimum absolute atomic E-state index is 0.00242. The Labute approximate surface area is 181 Å². The molecule has 1 aromatic heterocycles. The van der Waals surface area contributed by atoms with Crippen molar-refractivity contribution < 1.29 is 14.3 Å². The Hall–Kier alpha value is -2.71. The fraction of sp³-hybridized carbons (Fsp3) is 0.190. The molecule has 2 N–H and O–H groups in total. The topological polar surface area (TPSA) is 80.3 Å². The zero-order valence-corrected chi connectivity index (χ0v) is 18.4. The number of rotatable bonds is 7. The molecule has 8 heteroatoms. The van der Waals surface area contributed by atoms with Crippen LogP contribution in [0.4, 0.5) is 10.8 Å². The minimum atomic E-state index is -0.273. The molecule has 0 saturated carbocycles. The SMILES string of the molecule is CCCC(=O)Nc1ccc(-c2csc(NC(=O)c3cc(OC)ccc3Br)n2)cc1. The van der Waals surface area contributed by atoms with Crippen LogP contribution in [0.2, 0.25) is 0 Å². The van der Waals surface area contributed by atoms with Gasteiger partial charge in [-0.15, -0.1) is 11.3 Å². The number of hydrogen-bond acceptors (Lipinski definition) is 5. The smallest absolute Gasteiger partial charge is 0.258 e. The molecule has 29 heavy (non-hydrogen) atoms. The van der Waals surface area contributed by atoms with Crippen LogP contribution in [-0.4, -0.2) is 23.9 Å². The predicted octanol–water partition coefficient (Wildman–Crippen LogP) is 5.57. The van der Waals surface area contributed by atoms with Crippen molar-refractivity contribution in [2.45, 2.75) is 19.8 Å². The lowest BCUT2D eigenvalue weighted by Gasteiger charge is -2.07. The average Bonchev–Trinajstić information content (AvgIpc) is 3.17. The monoisotopic (exact) mass is 473 g/mol. The second-order valence-corrected chi connectivity index (χ2v) is 7.93. The summed E-state index contributed by atoms with van der Waals surface area (Å²) in [6.45, 7) is 1.97. The van der Waals surface area contributed by atoms with E-state index in [1.54, 1.807) is 25.3 Å². The Morgan fingerprint density at radius 1 is 1.14 bits per heavy atom. The van der Waals surface area contributed by atoms with Crippen LogP contribution in [0, 0.1) is 0 Å². The van der Waals surface area contributed by atoms with Gasteiger partial charge in [-0.25, -0.2) is 4.98 Å². The van der Waals surface area contributed by atoms with Crippen molar-refractivity contribution in [1.29, 1.82) is 0 Å². The lowest BCUT2D eigenvalue weighted by atomic mass is 10.1. The first-order chi connectivity index (χ1) is 14.0. The summed E-state index contributed by atoms with van der Waals surface area (Å²) in [5.74, 6) is 0.331. The number of ether oxygens (including phenoxy) is 1. The van der Waals surface area contributed by atoms with Crippen LogP contribution in [0.3, 0.4) is 0 Å². The van der Waals surface area contributed by atoms with Gasteiger partial charge in [0, 0.05) is 27.5 Å². The van der Waals surface area contributed by atoms with Gasteiger partial charge in [-0.05, 0) is 52.7 Å². The molecule has 150 valence electrons. The lowest BCUT2D eigenvalue weighted by Crippen LogP contribution is -2.12. The third kappa shape index (κ3) is 5.42. The number of nitrogens with one attached hydrogen (secondary N) is 2. The number of carbonyl (C=O) groups is 2. The molecule has 1 heterocycles. The van der Waals surface area contributed by atoms with Gasteiger partial charge in [0.05, 0.1) is 18.4 Å². The lowest BCUT2D eigenvalue weighted by molar-refractivity contribution is -0.116. The zero-order valence-electron chi connectivity index (χ0n) is 16.0. The van der Waals surface area contributed by atoms with E-state index in [1.807, 2.05) is 36.6 Å². The maximum atomic E-state index is 12.6. The number of carbonyl (C=O) groups excluding carboxylic acids is 2. The first-order valence-corrected chi connectivity index (χ1v) is 10.7. The predicted molar refractivity (Wildman–Crippen MR) is 120 cm³/mol. The maximum Gasteiger partial charge on any atom is 0.258 e. The van der Waals surface area contributed by atoms with E-state index in [9.17, 15) is 9.59 Å². The van der Waals surface area contributed by atoms with Gasteiger partial charge in [0.1, 0.15) is 5.75 Å². The highest BCUT2D eigenvalue weighted by atomic mass is 79.9. The molecule has 0 fully saturated rings. The van der Waals surface area contributed by atoms with E-state index in [1.165, 1.54) is 11.3 Å². The number of nitrogens with zero attached hydrogens (tertiary/aromatic N) is 1. The molecule has 0 bridgehead atoms. The summed E-state index contributed by atoms with van der Waals surface area (Å²) in [4.78, 5) is 28.8. The van der Waals surface area contributed by atoms with Crippen molar-refractivity contribution in [3.05, 3.63) is 57.9 Å². The quantitative estimate of drug-likeness (QED) is 0.469. The maximum absolute atomic E-state index is 12.6. The van der Waals surface area contributed by atoms with E-state index in [0.29, 0.717) is 27.3 Å². The molecule has 2 amide bonds. The number of thiazole rings is 1. The van der Waals surface area contributed by atoms with Gasteiger partial charge < -0.3 is 10.1 Å². The highest BCUT2D eigenvalue weighted by Gasteiger charge is 2.14. The second kappa shape index (κ2) is 9.67. The Morgan fingerprint density at radius 2 is 1.90 bits per heavy atom. The van der Waals surface area contributed by atoms with E-state index in [0.717, 1.165) is 23.4 Å². The summed E-state index contributed by atoms with van der Waals surface area (Å²) in [6.07, 6.45) is 1.31. The molecule has 3 rings (SSSR count). The summed E-state index contributed by atoms with van der Waals surface area (Å²) >= 11 is 4.73. The van der Waals surface area contributed by atoms with Crippen LogP contribution in [0.1, 0.15) is 30.1 Å². The molecule has 0 unspecified atom stereocenters. The van der Waals surface area contributed by atoms with Crippen LogP contribution in [-0.2, 0) is 4.79 Å². The zero-order chi connectivity index (χ0) is 20.8. The van der Waals surface area contributed by atoms with Crippen LogP contribution in [0.5, 0.6) is 5.75 Å². The van der Waals surface area contributed by atoms with Crippen molar-refractivity contribution in [3.8, 4) is 17.0 Å². The van der Waals surface area contributed by atoms with E-state index < -0.39 is 0 Å². The van der Waals surface area contributed by atoms with Crippen LogP contribution >= 0.6 is 27.3 Å². The molecule has 0 aliphatic heterocycles. The first kappa shape index (κ1) is 21.0. The number of methoxy groups -OCH3 is 1. The van der Waals surface area contributed by atoms with Gasteiger partial charge in [0.25, 0.3) is 5.91 Å². The first-order valence-electron chi connectivity index (χ1n) is 9.01. The van der Waals surface area contributed by atoms with Gasteiger partial charge in [-0.1, -0.05) is 19.1 Å². The van der Waals surface area contributed by atoms with Crippen LogP contribution < -0.4 is 15.4 Å². The standard InChI is InChI=1S/C21H20BrN3O3S/c1-3-4-19(26)23-14-7-5-13(6-8-14)18-12-29-21(24-18)25-20(27)16-11-15(28-2)9-10-17(16)22/h5-12H,3-4H2,1-2H3,(H,23,26)(H,24,25,27). The van der Waals surface area contributed by atoms with Gasteiger partial charge in [-0.3, -0.25) is 14.9 Å². The number of hydrogen-bond donors (Lipinski definition) is 2. The summed E-state index contributed by atoms with van der Waals surface area (Å²) in [7, 11) is 1.55. The molecule has 0 saturated heterocycles. The molecule has 0 atom stereocenters. The number of benzene rings is 2. The second-order valence-electron chi connectivity index (χ2n) is 6.21. The van der Waals surface area contributed by atoms with Crippen molar-refractivity contribution in [3.63, 3.8) is 0 Å². The third-order valence-electron chi connectivity index (χ3n) is 4.08. The van der Waals surface area contributed by atoms with Gasteiger partial charge in [0.2, 0.25) is 5.91 Å². The number of anilines is 2. The molecule has 6 nitrogen and oxygen atoms in total. The number of amides is 2. The van der Waals surface area contributed by atoms with Gasteiger partial charge >= 0.3 is 0 Å². The molecular formula is C21H20BrN3O3S. The molecule has 0 radical (unpaired) electrons. The molecule has 0 spiro atoms. The van der Waals surface area contributed by atoms with Crippen molar-refractivity contribution in [2.24, 2.45) is 0 Å². The highest BCUT2D eigenvalue weighted by Crippen LogP contribution is 2.28. The van der Waals surface area contributed by atoms with Crippen molar-refractivity contribution in [1.82, 2.24) is 4.98 Å². The fourth-order valence-corrected chi connectivity index (χ4v) is 3.75. The minimum Gasteiger partial charge on any atom is -0.497 e. The van der Waals surface area contributed by atoms with Crippen LogP contribution in [0.15, 0.2) is 52.3 Å². The van der Waals surface area contributed by atoms with Gasteiger partial charge in [-0.2, -0.15) is 0 Å². The Morgan fingerprint density at radius 3 is 2.59 bits per heavy atom. The number of halogens is 1. The summed E-state index contributed by atoms with van der Waals surface area (Å²) in [5, 5.41) is 8.05. The van der Waals surface area contributed by atoms with E-state index >= 15 is 0 Å². The normalized spacial score (nSPS) is 10.4. The molecular weight excluding hydrogens is 454 g/mol. The van der Waals surface area contributed by atoms with Crippen molar-refractivity contribution in [2.75, 3.05) is 17.7 Å². The van der Waals surface area contributed by atoms with Crippen molar-refractivity contribution >= 4 is 49.9 Å². The summed E-state index contributed by atoms with van der Waals surface area (Å²) < 4.78 is 5.85. The van der Waals surface area contributed by atoms with E-state index in [2.05, 4.69) is 31.5 Å². The molecule has 0 aliphatic carbocycles. The largest absolute Gasteiger partial charge is 0.497 e.